The summed E-state index contributed by atoms with van der Waals surface area (Å²) in [7, 11) is 1.62. The number of thioether (sulfide) groups is 1. The van der Waals surface area contributed by atoms with E-state index in [4.69, 9.17) is 9.15 Å². The molecule has 3 aromatic heterocycles. The predicted octanol–water partition coefficient (Wildman–Crippen LogP) is 4.53. The van der Waals surface area contributed by atoms with Crippen LogP contribution in [0.4, 0.5) is 0 Å². The summed E-state index contributed by atoms with van der Waals surface area (Å²) in [6.07, 6.45) is 0. The summed E-state index contributed by atoms with van der Waals surface area (Å²) in [5.74, 6) is 2.27. The summed E-state index contributed by atoms with van der Waals surface area (Å²) < 4.78 is 14.9. The zero-order valence-electron chi connectivity index (χ0n) is 18.2. The molecule has 0 aliphatic heterocycles. The van der Waals surface area contributed by atoms with E-state index >= 15 is 0 Å². The van der Waals surface area contributed by atoms with Gasteiger partial charge in [-0.3, -0.25) is 13.8 Å². The van der Waals surface area contributed by atoms with E-state index in [9.17, 15) is 4.79 Å². The number of ether oxygens (including phenoxy) is 1. The first-order valence-electron chi connectivity index (χ1n) is 10.7. The van der Waals surface area contributed by atoms with Gasteiger partial charge in [0.25, 0.3) is 5.56 Å². The number of oxazole rings is 1. The molecule has 0 fully saturated rings. The molecule has 6 aromatic rings. The third-order valence-electron chi connectivity index (χ3n) is 5.66. The number of aromatic nitrogens is 5. The van der Waals surface area contributed by atoms with Crippen molar-refractivity contribution in [1.82, 2.24) is 24.1 Å². The summed E-state index contributed by atoms with van der Waals surface area (Å²) in [5.41, 5.74) is 3.08. The van der Waals surface area contributed by atoms with Crippen LogP contribution in [0.5, 0.6) is 5.75 Å². The van der Waals surface area contributed by atoms with Gasteiger partial charge in [-0.1, -0.05) is 54.2 Å². The molecule has 8 nitrogen and oxygen atoms in total. The standard InChI is InChI=1S/C25H19N5O3S/c1-32-20-12-6-2-8-16(20)14-29-23(31)17-9-3-5-11-19(17)30-24(29)27-28-25(30)34-15-22-26-18-10-4-7-13-21(18)33-22/h2-13H,14-15H2,1H3. The van der Waals surface area contributed by atoms with Crippen LogP contribution in [0.15, 0.2) is 87.2 Å². The Morgan fingerprint density at radius 2 is 1.76 bits per heavy atom. The van der Waals surface area contributed by atoms with Crippen LogP contribution >= 0.6 is 11.8 Å². The fourth-order valence-corrected chi connectivity index (χ4v) is 4.87. The Labute approximate surface area is 197 Å². The second-order valence-electron chi connectivity index (χ2n) is 7.70. The lowest BCUT2D eigenvalue weighted by Crippen LogP contribution is -2.24. The van der Waals surface area contributed by atoms with Gasteiger partial charge in [0.2, 0.25) is 11.7 Å². The number of fused-ring (bicyclic) bond motifs is 4. The Balaban J connectivity index is 1.46. The quantitative estimate of drug-likeness (QED) is 0.331. The number of hydrogen-bond acceptors (Lipinski definition) is 7. The van der Waals surface area contributed by atoms with Crippen molar-refractivity contribution < 1.29 is 9.15 Å². The largest absolute Gasteiger partial charge is 0.496 e. The lowest BCUT2D eigenvalue weighted by Gasteiger charge is -2.13. The van der Waals surface area contributed by atoms with Crippen LogP contribution in [-0.4, -0.2) is 31.3 Å². The summed E-state index contributed by atoms with van der Waals surface area (Å²) in [5, 5.41) is 10.1. The summed E-state index contributed by atoms with van der Waals surface area (Å²) in [6, 6.07) is 22.8. The minimum absolute atomic E-state index is 0.128. The molecule has 168 valence electrons. The van der Waals surface area contributed by atoms with Crippen LogP contribution in [-0.2, 0) is 12.3 Å². The number of methoxy groups -OCH3 is 1. The van der Waals surface area contributed by atoms with Gasteiger partial charge in [0, 0.05) is 5.56 Å². The Morgan fingerprint density at radius 1 is 0.971 bits per heavy atom. The lowest BCUT2D eigenvalue weighted by atomic mass is 10.2. The second kappa shape index (κ2) is 8.35. The molecule has 0 aliphatic rings. The highest BCUT2D eigenvalue weighted by Gasteiger charge is 2.18. The molecule has 0 radical (unpaired) electrons. The Hall–Kier alpha value is -4.11. The first-order valence-corrected chi connectivity index (χ1v) is 11.7. The van der Waals surface area contributed by atoms with Crippen LogP contribution in [0.25, 0.3) is 27.8 Å². The molecular formula is C25H19N5O3S. The van der Waals surface area contributed by atoms with Crippen molar-refractivity contribution in [3.63, 3.8) is 0 Å². The maximum Gasteiger partial charge on any atom is 0.263 e. The SMILES string of the molecule is COc1ccccc1Cn1c(=O)c2ccccc2n2c(SCc3nc4ccccc4o3)nnc12. The topological polar surface area (TPSA) is 87.5 Å². The van der Waals surface area contributed by atoms with Crippen molar-refractivity contribution in [2.75, 3.05) is 7.11 Å². The minimum Gasteiger partial charge on any atom is -0.496 e. The molecule has 0 N–H and O–H groups in total. The van der Waals surface area contributed by atoms with Crippen LogP contribution in [0.2, 0.25) is 0 Å². The third kappa shape index (κ3) is 3.41. The molecule has 0 amide bonds. The highest BCUT2D eigenvalue weighted by molar-refractivity contribution is 7.98. The molecule has 0 spiro atoms. The van der Waals surface area contributed by atoms with Crippen LogP contribution in [0.1, 0.15) is 11.5 Å². The summed E-state index contributed by atoms with van der Waals surface area (Å²) in [6.45, 7) is 0.311. The number of benzene rings is 3. The van der Waals surface area contributed by atoms with Crippen molar-refractivity contribution in [3.05, 3.63) is 94.6 Å². The van der Waals surface area contributed by atoms with Gasteiger partial charge in [-0.2, -0.15) is 0 Å². The number of nitrogens with zero attached hydrogens (tertiary/aromatic N) is 5. The smallest absolute Gasteiger partial charge is 0.263 e. The molecule has 0 unspecified atom stereocenters. The van der Waals surface area contributed by atoms with Crippen molar-refractivity contribution in [1.29, 1.82) is 0 Å². The fourth-order valence-electron chi connectivity index (χ4n) is 4.08. The highest BCUT2D eigenvalue weighted by atomic mass is 32.2. The second-order valence-corrected chi connectivity index (χ2v) is 8.64. The van der Waals surface area contributed by atoms with Crippen LogP contribution in [0.3, 0.4) is 0 Å². The fraction of sp³-hybridized carbons (Fsp3) is 0.120. The number of rotatable bonds is 6. The van der Waals surface area contributed by atoms with Crippen molar-refractivity contribution >= 4 is 39.5 Å². The van der Waals surface area contributed by atoms with Gasteiger partial charge in [0.05, 0.1) is 30.3 Å². The van der Waals surface area contributed by atoms with Gasteiger partial charge in [-0.05, 0) is 30.3 Å². The van der Waals surface area contributed by atoms with E-state index in [0.29, 0.717) is 40.3 Å². The average molecular weight is 470 g/mol. The Bertz CT molecular complexity index is 1690. The molecule has 0 saturated carbocycles. The zero-order chi connectivity index (χ0) is 23.1. The van der Waals surface area contributed by atoms with E-state index < -0.39 is 0 Å². The zero-order valence-corrected chi connectivity index (χ0v) is 19.0. The molecule has 6 rings (SSSR count). The van der Waals surface area contributed by atoms with E-state index in [1.54, 1.807) is 11.7 Å². The maximum atomic E-state index is 13.4. The maximum absolute atomic E-state index is 13.4. The molecule has 0 atom stereocenters. The molecule has 0 aliphatic carbocycles. The van der Waals surface area contributed by atoms with Crippen LogP contribution in [0, 0.1) is 0 Å². The van der Waals surface area contributed by atoms with Gasteiger partial charge in [0.15, 0.2) is 10.7 Å². The van der Waals surface area contributed by atoms with Crippen molar-refractivity contribution in [3.8, 4) is 5.75 Å². The third-order valence-corrected chi connectivity index (χ3v) is 6.58. The van der Waals surface area contributed by atoms with E-state index in [-0.39, 0.29) is 5.56 Å². The van der Waals surface area contributed by atoms with Crippen LogP contribution < -0.4 is 10.3 Å². The normalized spacial score (nSPS) is 11.6. The Kier molecular flexibility index (Phi) is 5.03. The van der Waals surface area contributed by atoms with Gasteiger partial charge < -0.3 is 9.15 Å². The molecular weight excluding hydrogens is 450 g/mol. The van der Waals surface area contributed by atoms with Gasteiger partial charge >= 0.3 is 0 Å². The van der Waals surface area contributed by atoms with Crippen molar-refractivity contribution in [2.45, 2.75) is 17.5 Å². The van der Waals surface area contributed by atoms with E-state index in [2.05, 4.69) is 15.2 Å². The minimum atomic E-state index is -0.128. The van der Waals surface area contributed by atoms with Gasteiger partial charge in [0.1, 0.15) is 11.3 Å². The average Bonchev–Trinajstić information content (AvgIpc) is 3.49. The molecule has 3 heterocycles. The lowest BCUT2D eigenvalue weighted by molar-refractivity contribution is 0.408. The van der Waals surface area contributed by atoms with Gasteiger partial charge in [-0.25, -0.2) is 4.98 Å². The van der Waals surface area contributed by atoms with E-state index in [1.165, 1.54) is 11.8 Å². The summed E-state index contributed by atoms with van der Waals surface area (Å²) >= 11 is 1.46. The van der Waals surface area contributed by atoms with Gasteiger partial charge in [-0.15, -0.1) is 10.2 Å². The molecule has 0 saturated heterocycles. The monoisotopic (exact) mass is 469 g/mol. The summed E-state index contributed by atoms with van der Waals surface area (Å²) in [4.78, 5) is 18.0. The number of hydrogen-bond donors (Lipinski definition) is 0. The first kappa shape index (κ1) is 20.5. The van der Waals surface area contributed by atoms with Crippen molar-refractivity contribution in [2.24, 2.45) is 0 Å². The first-order chi connectivity index (χ1) is 16.7. The highest BCUT2D eigenvalue weighted by Crippen LogP contribution is 2.27. The Morgan fingerprint density at radius 3 is 2.65 bits per heavy atom. The molecule has 0 bridgehead atoms. The van der Waals surface area contributed by atoms with E-state index in [1.807, 2.05) is 77.2 Å². The number of para-hydroxylation sites is 4. The van der Waals surface area contributed by atoms with E-state index in [0.717, 1.165) is 22.2 Å². The predicted molar refractivity (Wildman–Crippen MR) is 130 cm³/mol. The molecule has 3 aromatic carbocycles. The molecule has 34 heavy (non-hydrogen) atoms. The molecule has 9 heteroatoms.